The zero-order chi connectivity index (χ0) is 27.3. The van der Waals surface area contributed by atoms with E-state index in [4.69, 9.17) is 9.72 Å². The highest BCUT2D eigenvalue weighted by Crippen LogP contribution is 2.45. The van der Waals surface area contributed by atoms with E-state index in [0.29, 0.717) is 52.3 Å². The number of nitrogens with one attached hydrogen (secondary N) is 2. The molecule has 1 aromatic carbocycles. The summed E-state index contributed by atoms with van der Waals surface area (Å²) >= 11 is 0. The quantitative estimate of drug-likeness (QED) is 0.361. The molecule has 1 saturated carbocycles. The van der Waals surface area contributed by atoms with Gasteiger partial charge in [0.25, 0.3) is 5.91 Å². The zero-order valence-electron chi connectivity index (χ0n) is 21.0. The van der Waals surface area contributed by atoms with Gasteiger partial charge >= 0.3 is 6.18 Å². The van der Waals surface area contributed by atoms with Crippen molar-refractivity contribution >= 4 is 11.7 Å². The molecule has 3 aromatic heterocycles. The average Bonchev–Trinajstić information content (AvgIpc) is 3.59. The molecule has 200 valence electrons. The maximum Gasteiger partial charge on any atom is 0.435 e. The number of carbonyl (C=O) groups is 1. The van der Waals surface area contributed by atoms with Gasteiger partial charge in [-0.15, -0.1) is 0 Å². The van der Waals surface area contributed by atoms with Gasteiger partial charge in [0.1, 0.15) is 23.3 Å². The van der Waals surface area contributed by atoms with Gasteiger partial charge in [0.15, 0.2) is 11.5 Å². The van der Waals surface area contributed by atoms with Crippen LogP contribution >= 0.6 is 0 Å². The molecular weight excluding hydrogens is 513 g/mol. The minimum Gasteiger partial charge on any atom is -0.480 e. The summed E-state index contributed by atoms with van der Waals surface area (Å²) in [7, 11) is 1.53. The molecule has 0 saturated heterocycles. The third kappa shape index (κ3) is 4.64. The number of fused-ring (bicyclic) bond motifs is 1. The molecule has 1 amide bonds. The number of methoxy groups -OCH3 is 1. The predicted molar refractivity (Wildman–Crippen MR) is 133 cm³/mol. The molecule has 0 atom stereocenters. The number of amides is 1. The zero-order valence-corrected chi connectivity index (χ0v) is 21.0. The standard InChI is InChI=1S/C26H23F3N8O2/c1-13-9-18(26(27,28)29)36-37(13)16-7-3-14(4-8-16)10-30-22-19-17(11-31-24(19)38)34-23(35-22)20-21(15-5-6-15)32-12-33-25(20)39-2/h3-4,7-9,12,15H,5-6,10-11H2,1-2H3,(H,31,38)(H,30,34,35). The summed E-state index contributed by atoms with van der Waals surface area (Å²) in [5, 5.41) is 9.72. The van der Waals surface area contributed by atoms with E-state index < -0.39 is 11.9 Å². The summed E-state index contributed by atoms with van der Waals surface area (Å²) in [5.41, 5.74) is 3.12. The number of ether oxygens (including phenoxy) is 1. The molecule has 0 radical (unpaired) electrons. The van der Waals surface area contributed by atoms with Crippen LogP contribution in [0.4, 0.5) is 19.0 Å². The first-order valence-electron chi connectivity index (χ1n) is 12.3. The summed E-state index contributed by atoms with van der Waals surface area (Å²) < 4.78 is 45.9. The Morgan fingerprint density at radius 1 is 1.13 bits per heavy atom. The molecule has 2 aliphatic rings. The number of carbonyl (C=O) groups excluding carboxylic acids is 1. The van der Waals surface area contributed by atoms with Crippen molar-refractivity contribution in [3.63, 3.8) is 0 Å². The second-order valence-electron chi connectivity index (χ2n) is 9.42. The second kappa shape index (κ2) is 9.33. The molecule has 0 unspecified atom stereocenters. The van der Waals surface area contributed by atoms with Gasteiger partial charge in [-0.25, -0.2) is 24.6 Å². The third-order valence-electron chi connectivity index (χ3n) is 6.67. The fraction of sp³-hybridized carbons (Fsp3) is 0.308. The maximum atomic E-state index is 13.1. The van der Waals surface area contributed by atoms with E-state index in [-0.39, 0.29) is 18.4 Å². The summed E-state index contributed by atoms with van der Waals surface area (Å²) in [4.78, 5) is 30.7. The Hall–Kier alpha value is -4.55. The Balaban J connectivity index is 1.29. The minimum absolute atomic E-state index is 0.269. The Morgan fingerprint density at radius 3 is 2.56 bits per heavy atom. The van der Waals surface area contributed by atoms with Gasteiger partial charge in [-0.2, -0.15) is 18.3 Å². The van der Waals surface area contributed by atoms with E-state index in [1.807, 2.05) is 0 Å². The SMILES string of the molecule is COc1ncnc(C2CC2)c1-c1nc2c(c(NCc3ccc(-n4nc(C(F)(F)F)cc4C)cc3)n1)C(=O)NC2. The second-order valence-corrected chi connectivity index (χ2v) is 9.42. The van der Waals surface area contributed by atoms with Crippen LogP contribution in [0.1, 0.15) is 57.5 Å². The highest BCUT2D eigenvalue weighted by Gasteiger charge is 2.35. The molecule has 2 N–H and O–H groups in total. The van der Waals surface area contributed by atoms with E-state index in [9.17, 15) is 18.0 Å². The number of alkyl halides is 3. The van der Waals surface area contributed by atoms with E-state index in [2.05, 4.69) is 30.7 Å². The van der Waals surface area contributed by atoms with Gasteiger partial charge in [0.05, 0.1) is 30.7 Å². The first kappa shape index (κ1) is 24.8. The molecule has 1 aliphatic carbocycles. The lowest BCUT2D eigenvalue weighted by atomic mass is 10.1. The largest absolute Gasteiger partial charge is 0.480 e. The maximum absolute atomic E-state index is 13.1. The third-order valence-corrected chi connectivity index (χ3v) is 6.67. The van der Waals surface area contributed by atoms with Gasteiger partial charge in [-0.1, -0.05) is 12.1 Å². The minimum atomic E-state index is -4.52. The van der Waals surface area contributed by atoms with Crippen LogP contribution in [0.15, 0.2) is 36.7 Å². The number of aromatic nitrogens is 6. The predicted octanol–water partition coefficient (Wildman–Crippen LogP) is 4.19. The van der Waals surface area contributed by atoms with Crippen molar-refractivity contribution in [3.8, 4) is 23.0 Å². The number of benzene rings is 1. The number of nitrogens with zero attached hydrogens (tertiary/aromatic N) is 6. The van der Waals surface area contributed by atoms with Crippen LogP contribution in [-0.4, -0.2) is 42.7 Å². The van der Waals surface area contributed by atoms with Crippen molar-refractivity contribution in [1.82, 2.24) is 35.0 Å². The molecule has 10 nitrogen and oxygen atoms in total. The normalized spacial score (nSPS) is 14.7. The molecule has 4 heterocycles. The highest BCUT2D eigenvalue weighted by molar-refractivity contribution is 6.02. The average molecular weight is 537 g/mol. The summed E-state index contributed by atoms with van der Waals surface area (Å²) in [6.45, 7) is 2.14. The number of rotatable bonds is 7. The molecule has 4 aromatic rings. The van der Waals surface area contributed by atoms with E-state index in [0.717, 1.165) is 30.2 Å². The molecule has 13 heteroatoms. The van der Waals surface area contributed by atoms with Crippen LogP contribution in [0, 0.1) is 6.92 Å². The van der Waals surface area contributed by atoms with Crippen molar-refractivity contribution in [2.24, 2.45) is 0 Å². The van der Waals surface area contributed by atoms with E-state index >= 15 is 0 Å². The topological polar surface area (TPSA) is 120 Å². The number of halogens is 3. The smallest absolute Gasteiger partial charge is 0.435 e. The van der Waals surface area contributed by atoms with Crippen molar-refractivity contribution in [2.45, 2.75) is 44.9 Å². The molecule has 0 spiro atoms. The molecule has 39 heavy (non-hydrogen) atoms. The first-order valence-corrected chi connectivity index (χ1v) is 12.3. The molecular formula is C26H23F3N8O2. The Kier molecular flexibility index (Phi) is 5.92. The number of anilines is 1. The van der Waals surface area contributed by atoms with Crippen molar-refractivity contribution < 1.29 is 22.7 Å². The van der Waals surface area contributed by atoms with Crippen LogP contribution in [0.3, 0.4) is 0 Å². The van der Waals surface area contributed by atoms with Gasteiger partial charge in [0.2, 0.25) is 5.88 Å². The highest BCUT2D eigenvalue weighted by atomic mass is 19.4. The Morgan fingerprint density at radius 2 is 1.90 bits per heavy atom. The molecule has 1 aliphatic heterocycles. The van der Waals surface area contributed by atoms with Crippen molar-refractivity contribution in [2.75, 3.05) is 12.4 Å². The van der Waals surface area contributed by atoms with Crippen LogP contribution in [0.2, 0.25) is 0 Å². The summed E-state index contributed by atoms with van der Waals surface area (Å²) in [6.07, 6.45) is -1.03. The first-order chi connectivity index (χ1) is 18.7. The summed E-state index contributed by atoms with van der Waals surface area (Å²) in [6, 6.07) is 7.94. The monoisotopic (exact) mass is 536 g/mol. The number of aryl methyl sites for hydroxylation is 1. The Bertz CT molecular complexity index is 1580. The molecule has 6 rings (SSSR count). The van der Waals surface area contributed by atoms with Crippen LogP contribution < -0.4 is 15.4 Å². The van der Waals surface area contributed by atoms with Gasteiger partial charge in [-0.3, -0.25) is 4.79 Å². The number of hydrogen-bond donors (Lipinski definition) is 2. The Labute approximate surface area is 220 Å². The molecule has 0 bridgehead atoms. The summed E-state index contributed by atoms with van der Waals surface area (Å²) in [5.74, 6) is 1.11. The van der Waals surface area contributed by atoms with Crippen LogP contribution in [0.25, 0.3) is 17.1 Å². The van der Waals surface area contributed by atoms with Crippen molar-refractivity contribution in [1.29, 1.82) is 0 Å². The van der Waals surface area contributed by atoms with Crippen LogP contribution in [0.5, 0.6) is 5.88 Å². The molecule has 1 fully saturated rings. The lowest BCUT2D eigenvalue weighted by molar-refractivity contribution is -0.141. The van der Waals surface area contributed by atoms with Gasteiger partial charge < -0.3 is 15.4 Å². The van der Waals surface area contributed by atoms with Crippen LogP contribution in [-0.2, 0) is 19.3 Å². The van der Waals surface area contributed by atoms with E-state index in [1.165, 1.54) is 18.1 Å². The van der Waals surface area contributed by atoms with Gasteiger partial charge in [0, 0.05) is 18.2 Å². The fourth-order valence-corrected chi connectivity index (χ4v) is 4.59. The van der Waals surface area contributed by atoms with E-state index in [1.54, 1.807) is 31.2 Å². The number of hydrogen-bond acceptors (Lipinski definition) is 8. The lowest BCUT2D eigenvalue weighted by Gasteiger charge is -2.14. The fourth-order valence-electron chi connectivity index (χ4n) is 4.59. The van der Waals surface area contributed by atoms with Gasteiger partial charge in [-0.05, 0) is 43.5 Å². The lowest BCUT2D eigenvalue weighted by Crippen LogP contribution is -2.15. The van der Waals surface area contributed by atoms with Crippen molar-refractivity contribution in [3.05, 3.63) is 70.6 Å².